The summed E-state index contributed by atoms with van der Waals surface area (Å²) in [6.07, 6.45) is -4.70. The Bertz CT molecular complexity index is 509. The van der Waals surface area contributed by atoms with Crippen LogP contribution in [0.15, 0.2) is 6.07 Å². The van der Waals surface area contributed by atoms with Gasteiger partial charge in [0.05, 0.1) is 0 Å². The number of aromatic carboxylic acids is 1. The van der Waals surface area contributed by atoms with Gasteiger partial charge in [-0.15, -0.1) is 0 Å². The maximum absolute atomic E-state index is 12.4. The first-order chi connectivity index (χ1) is 8.30. The molecule has 0 saturated carbocycles. The van der Waals surface area contributed by atoms with Crippen molar-refractivity contribution in [1.29, 1.82) is 0 Å². The Labute approximate surface area is 98.6 Å². The zero-order valence-corrected chi connectivity index (χ0v) is 8.94. The van der Waals surface area contributed by atoms with Crippen LogP contribution in [0.5, 0.6) is 0 Å². The first-order valence-corrected chi connectivity index (χ1v) is 5.00. The molecule has 0 unspecified atom stereocenters. The van der Waals surface area contributed by atoms with Crippen molar-refractivity contribution in [2.24, 2.45) is 0 Å². The molecule has 0 saturated heterocycles. The van der Waals surface area contributed by atoms with Crippen LogP contribution in [0.2, 0.25) is 0 Å². The molecule has 2 rings (SSSR count). The number of carbonyl (C=O) groups excluding carboxylic acids is 1. The highest BCUT2D eigenvalue weighted by Gasteiger charge is 2.44. The van der Waals surface area contributed by atoms with E-state index in [1.165, 1.54) is 0 Å². The summed E-state index contributed by atoms with van der Waals surface area (Å²) in [7, 11) is 0. The van der Waals surface area contributed by atoms with E-state index in [-0.39, 0.29) is 31.0 Å². The van der Waals surface area contributed by atoms with Crippen LogP contribution < -0.4 is 4.90 Å². The molecule has 0 aromatic carbocycles. The number of rotatable bonds is 1. The number of hydrogen-bond donors (Lipinski definition) is 1. The molecule has 0 bridgehead atoms. The SMILES string of the molecule is O=C(O)c1cc2n(n1)CCCN2C(=O)C(F)(F)F. The number of hydrogen-bond acceptors (Lipinski definition) is 3. The van der Waals surface area contributed by atoms with Crippen molar-refractivity contribution in [3.63, 3.8) is 0 Å². The number of halogens is 3. The molecule has 1 N–H and O–H groups in total. The summed E-state index contributed by atoms with van der Waals surface area (Å²) >= 11 is 0. The monoisotopic (exact) mass is 263 g/mol. The Morgan fingerprint density at radius 3 is 2.56 bits per heavy atom. The lowest BCUT2D eigenvalue weighted by molar-refractivity contribution is -0.170. The van der Waals surface area contributed by atoms with Crippen LogP contribution in [0, 0.1) is 0 Å². The highest BCUT2D eigenvalue weighted by atomic mass is 19.4. The third kappa shape index (κ3) is 2.03. The van der Waals surface area contributed by atoms with Gasteiger partial charge in [0.1, 0.15) is 5.82 Å². The summed E-state index contributed by atoms with van der Waals surface area (Å²) in [5.41, 5.74) is -0.383. The summed E-state index contributed by atoms with van der Waals surface area (Å²) in [4.78, 5) is 22.4. The number of carboxylic acids is 1. The topological polar surface area (TPSA) is 75.4 Å². The van der Waals surface area contributed by atoms with Crippen LogP contribution in [0.3, 0.4) is 0 Å². The van der Waals surface area contributed by atoms with E-state index in [9.17, 15) is 22.8 Å². The molecule has 6 nitrogen and oxygen atoms in total. The highest BCUT2D eigenvalue weighted by Crippen LogP contribution is 2.27. The molecule has 0 aliphatic carbocycles. The first kappa shape index (κ1) is 12.4. The molecule has 0 spiro atoms. The van der Waals surface area contributed by atoms with Crippen LogP contribution in [0.25, 0.3) is 0 Å². The first-order valence-electron chi connectivity index (χ1n) is 5.00. The Morgan fingerprint density at radius 1 is 1.33 bits per heavy atom. The van der Waals surface area contributed by atoms with Gasteiger partial charge in [0.15, 0.2) is 5.69 Å². The highest BCUT2D eigenvalue weighted by molar-refractivity contribution is 5.98. The lowest BCUT2D eigenvalue weighted by Gasteiger charge is -2.27. The second-order valence-electron chi connectivity index (χ2n) is 3.72. The number of fused-ring (bicyclic) bond motifs is 1. The van der Waals surface area contributed by atoms with E-state index in [2.05, 4.69) is 5.10 Å². The number of carboxylic acid groups (broad SMARTS) is 1. The zero-order valence-electron chi connectivity index (χ0n) is 8.94. The average molecular weight is 263 g/mol. The molecular formula is C9H8F3N3O3. The Kier molecular flexibility index (Phi) is 2.76. The molecule has 18 heavy (non-hydrogen) atoms. The third-order valence-corrected chi connectivity index (χ3v) is 2.49. The molecular weight excluding hydrogens is 255 g/mol. The van der Waals surface area contributed by atoms with E-state index in [0.717, 1.165) is 10.7 Å². The minimum Gasteiger partial charge on any atom is -0.476 e. The third-order valence-electron chi connectivity index (χ3n) is 2.49. The fourth-order valence-corrected chi connectivity index (χ4v) is 1.75. The summed E-state index contributed by atoms with van der Waals surface area (Å²) in [5.74, 6) is -3.50. The van der Waals surface area contributed by atoms with E-state index in [1.807, 2.05) is 0 Å². The van der Waals surface area contributed by atoms with Crippen LogP contribution in [-0.2, 0) is 11.3 Å². The summed E-state index contributed by atoms with van der Waals surface area (Å²) in [6, 6.07) is 0.963. The smallest absolute Gasteiger partial charge is 0.471 e. The minimum atomic E-state index is -4.99. The van der Waals surface area contributed by atoms with Gasteiger partial charge in [-0.3, -0.25) is 9.69 Å². The fourth-order valence-electron chi connectivity index (χ4n) is 1.75. The van der Waals surface area contributed by atoms with Gasteiger partial charge in [-0.05, 0) is 6.42 Å². The summed E-state index contributed by atoms with van der Waals surface area (Å²) < 4.78 is 38.2. The van der Waals surface area contributed by atoms with Gasteiger partial charge in [0, 0.05) is 19.2 Å². The number of aryl methyl sites for hydroxylation is 1. The van der Waals surface area contributed by atoms with E-state index in [4.69, 9.17) is 5.11 Å². The van der Waals surface area contributed by atoms with Gasteiger partial charge in [0.2, 0.25) is 0 Å². The predicted octanol–water partition coefficient (Wildman–Crippen LogP) is 0.880. The number of nitrogens with zero attached hydrogens (tertiary/aromatic N) is 3. The van der Waals surface area contributed by atoms with Crippen molar-refractivity contribution in [3.8, 4) is 0 Å². The maximum Gasteiger partial charge on any atom is 0.471 e. The van der Waals surface area contributed by atoms with Crippen LogP contribution in [0.4, 0.5) is 19.0 Å². The van der Waals surface area contributed by atoms with Crippen LogP contribution in [0.1, 0.15) is 16.9 Å². The molecule has 1 aliphatic rings. The maximum atomic E-state index is 12.4. The van der Waals surface area contributed by atoms with Gasteiger partial charge in [-0.1, -0.05) is 0 Å². The largest absolute Gasteiger partial charge is 0.476 e. The van der Waals surface area contributed by atoms with Gasteiger partial charge in [-0.25, -0.2) is 9.48 Å². The van der Waals surface area contributed by atoms with Crippen molar-refractivity contribution in [2.75, 3.05) is 11.4 Å². The second-order valence-corrected chi connectivity index (χ2v) is 3.72. The summed E-state index contributed by atoms with van der Waals surface area (Å²) in [6.45, 7) is 0.174. The standard InChI is InChI=1S/C9H8F3N3O3/c10-9(11,12)8(18)14-2-1-3-15-6(14)4-5(13-15)7(16)17/h4H,1-3H2,(H,16,17). The Balaban J connectivity index is 2.39. The van der Waals surface area contributed by atoms with E-state index in [0.29, 0.717) is 4.90 Å². The minimum absolute atomic E-state index is 0.108. The van der Waals surface area contributed by atoms with Crippen LogP contribution >= 0.6 is 0 Å². The Hall–Kier alpha value is -2.06. The molecule has 9 heteroatoms. The number of alkyl halides is 3. The normalized spacial score (nSPS) is 15.4. The van der Waals surface area contributed by atoms with Gasteiger partial charge >= 0.3 is 18.1 Å². The average Bonchev–Trinajstić information content (AvgIpc) is 2.70. The molecule has 2 heterocycles. The second kappa shape index (κ2) is 4.00. The van der Waals surface area contributed by atoms with E-state index < -0.39 is 18.1 Å². The van der Waals surface area contributed by atoms with E-state index in [1.54, 1.807) is 0 Å². The molecule has 98 valence electrons. The molecule has 1 amide bonds. The molecule has 0 fully saturated rings. The lowest BCUT2D eigenvalue weighted by atomic mass is 10.3. The molecule has 1 aromatic rings. The van der Waals surface area contributed by atoms with Crippen molar-refractivity contribution in [2.45, 2.75) is 19.1 Å². The zero-order chi connectivity index (χ0) is 13.5. The van der Waals surface area contributed by atoms with E-state index >= 15 is 0 Å². The predicted molar refractivity (Wildman–Crippen MR) is 52.2 cm³/mol. The molecule has 1 aromatic heterocycles. The molecule has 1 aliphatic heterocycles. The molecule has 0 atom stereocenters. The van der Waals surface area contributed by atoms with Crippen molar-refractivity contribution < 1.29 is 27.9 Å². The Morgan fingerprint density at radius 2 is 2.00 bits per heavy atom. The van der Waals surface area contributed by atoms with Gasteiger partial charge < -0.3 is 5.11 Å². The number of anilines is 1. The van der Waals surface area contributed by atoms with Gasteiger partial charge in [-0.2, -0.15) is 18.3 Å². The molecule has 0 radical (unpaired) electrons. The number of amides is 1. The van der Waals surface area contributed by atoms with Gasteiger partial charge in [0.25, 0.3) is 0 Å². The van der Waals surface area contributed by atoms with Crippen LogP contribution in [-0.4, -0.2) is 39.5 Å². The summed E-state index contributed by atoms with van der Waals surface area (Å²) in [5, 5.41) is 12.3. The van der Waals surface area contributed by atoms with Crippen molar-refractivity contribution in [1.82, 2.24) is 9.78 Å². The fraction of sp³-hybridized carbons (Fsp3) is 0.444. The quantitative estimate of drug-likeness (QED) is 0.816. The lowest BCUT2D eigenvalue weighted by Crippen LogP contribution is -2.45. The van der Waals surface area contributed by atoms with Crippen molar-refractivity contribution >= 4 is 17.7 Å². The number of carbonyl (C=O) groups is 2. The number of aromatic nitrogens is 2. The van der Waals surface area contributed by atoms with Crippen molar-refractivity contribution in [3.05, 3.63) is 11.8 Å².